The lowest BCUT2D eigenvalue weighted by atomic mass is 10.1. The molecule has 0 amide bonds. The number of hydrogen-bond acceptors (Lipinski definition) is 4. The molecule has 0 aliphatic rings. The summed E-state index contributed by atoms with van der Waals surface area (Å²) in [4.78, 5) is 10.4. The lowest BCUT2D eigenvalue weighted by molar-refractivity contribution is -0.385. The molecule has 2 rings (SSSR count). The summed E-state index contributed by atoms with van der Waals surface area (Å²) in [5.74, 6) is -0.798. The number of rotatable bonds is 4. The zero-order chi connectivity index (χ0) is 14.2. The second kappa shape index (κ2) is 4.68. The van der Waals surface area contributed by atoms with E-state index in [0.717, 1.165) is 0 Å². The molecule has 7 heteroatoms. The minimum absolute atomic E-state index is 0.0579. The zero-order valence-electron chi connectivity index (χ0n) is 10.5. The molecule has 1 aromatic heterocycles. The van der Waals surface area contributed by atoms with E-state index in [2.05, 4.69) is 11.7 Å². The Morgan fingerprint density at radius 2 is 2.37 bits per heavy atom. The molecule has 0 N–H and O–H groups in total. The van der Waals surface area contributed by atoms with Gasteiger partial charge in [0.2, 0.25) is 0 Å². The molecule has 0 aliphatic heterocycles. The van der Waals surface area contributed by atoms with Crippen molar-refractivity contribution in [3.8, 4) is 0 Å². The van der Waals surface area contributed by atoms with E-state index in [-0.39, 0.29) is 29.0 Å². The fourth-order valence-electron chi connectivity index (χ4n) is 1.89. The number of nitro groups is 1. The van der Waals surface area contributed by atoms with Crippen LogP contribution in [-0.2, 0) is 11.8 Å². The van der Waals surface area contributed by atoms with Crippen LogP contribution in [0.25, 0.3) is 16.7 Å². The average Bonchev–Trinajstić information content (AvgIpc) is 2.71. The van der Waals surface area contributed by atoms with Crippen LogP contribution in [0.1, 0.15) is 12.5 Å². The Morgan fingerprint density at radius 1 is 1.68 bits per heavy atom. The highest BCUT2D eigenvalue weighted by molar-refractivity contribution is 5.87. The van der Waals surface area contributed by atoms with Gasteiger partial charge in [-0.3, -0.25) is 14.8 Å². The predicted molar refractivity (Wildman–Crippen MR) is 68.0 cm³/mol. The molecule has 2 aromatic rings. The summed E-state index contributed by atoms with van der Waals surface area (Å²) >= 11 is 0. The number of aromatic nitrogens is 2. The first-order chi connectivity index (χ1) is 8.97. The smallest absolute Gasteiger partial charge is 0.285 e. The number of ether oxygens (including phenoxy) is 1. The Hall–Kier alpha value is -2.44. The number of hydrogen-bond donors (Lipinski definition) is 0. The molecule has 0 bridgehead atoms. The second-order valence-corrected chi connectivity index (χ2v) is 3.90. The Bertz CT molecular complexity index is 678. The third-order valence-corrected chi connectivity index (χ3v) is 2.76. The molecule has 0 atom stereocenters. The van der Waals surface area contributed by atoms with Crippen molar-refractivity contribution in [2.24, 2.45) is 7.05 Å². The summed E-state index contributed by atoms with van der Waals surface area (Å²) in [6, 6.07) is 1.27. The predicted octanol–water partition coefficient (Wildman–Crippen LogP) is 2.63. The molecule has 0 saturated heterocycles. The van der Waals surface area contributed by atoms with Gasteiger partial charge in [-0.25, -0.2) is 4.39 Å². The van der Waals surface area contributed by atoms with Crippen LogP contribution in [0.5, 0.6) is 0 Å². The fourth-order valence-corrected chi connectivity index (χ4v) is 1.89. The number of nitrogens with zero attached hydrogens (tertiary/aromatic N) is 3. The van der Waals surface area contributed by atoms with Gasteiger partial charge >= 0.3 is 0 Å². The van der Waals surface area contributed by atoms with Crippen molar-refractivity contribution in [3.05, 3.63) is 40.3 Å². The molecule has 19 heavy (non-hydrogen) atoms. The van der Waals surface area contributed by atoms with Gasteiger partial charge in [0.05, 0.1) is 28.6 Å². The van der Waals surface area contributed by atoms with Crippen LogP contribution in [0.3, 0.4) is 0 Å². The van der Waals surface area contributed by atoms with E-state index in [1.54, 1.807) is 14.0 Å². The van der Waals surface area contributed by atoms with Gasteiger partial charge in [-0.15, -0.1) is 0 Å². The largest absolute Gasteiger partial charge is 0.493 e. The van der Waals surface area contributed by atoms with E-state index in [9.17, 15) is 14.5 Å². The molecule has 6 nitrogen and oxygen atoms in total. The van der Waals surface area contributed by atoms with Gasteiger partial charge in [0.25, 0.3) is 5.69 Å². The Balaban J connectivity index is 2.79. The summed E-state index contributed by atoms with van der Waals surface area (Å²) in [5, 5.41) is 15.2. The summed E-state index contributed by atoms with van der Waals surface area (Å²) in [5.41, 5.74) is -0.267. The number of benzene rings is 1. The van der Waals surface area contributed by atoms with Crippen LogP contribution in [-0.4, -0.2) is 21.3 Å². The Labute approximate surface area is 108 Å². The number of fused-ring (bicyclic) bond motifs is 1. The third-order valence-electron chi connectivity index (χ3n) is 2.76. The maximum absolute atomic E-state index is 14.4. The van der Waals surface area contributed by atoms with E-state index in [1.165, 1.54) is 16.9 Å². The summed E-state index contributed by atoms with van der Waals surface area (Å²) in [6.07, 6.45) is 1.32. The number of aryl methyl sites for hydroxylation is 1. The number of nitro benzene ring substituents is 1. The summed E-state index contributed by atoms with van der Waals surface area (Å²) in [7, 11) is 1.59. The first-order valence-corrected chi connectivity index (χ1v) is 5.58. The van der Waals surface area contributed by atoms with E-state index in [4.69, 9.17) is 4.74 Å². The Morgan fingerprint density at radius 3 is 2.95 bits per heavy atom. The molecule has 0 aliphatic carbocycles. The molecule has 100 valence electrons. The van der Waals surface area contributed by atoms with Crippen molar-refractivity contribution in [1.82, 2.24) is 9.78 Å². The van der Waals surface area contributed by atoms with E-state index in [1.807, 2.05) is 0 Å². The van der Waals surface area contributed by atoms with Gasteiger partial charge in [-0.05, 0) is 6.92 Å². The maximum Gasteiger partial charge on any atom is 0.285 e. The zero-order valence-corrected chi connectivity index (χ0v) is 10.5. The highest BCUT2D eigenvalue weighted by atomic mass is 19.1. The highest BCUT2D eigenvalue weighted by Gasteiger charge is 2.26. The highest BCUT2D eigenvalue weighted by Crippen LogP contribution is 2.34. The monoisotopic (exact) mass is 265 g/mol. The molecule has 0 radical (unpaired) electrons. The van der Waals surface area contributed by atoms with Gasteiger partial charge in [-0.2, -0.15) is 5.10 Å². The van der Waals surface area contributed by atoms with Gasteiger partial charge < -0.3 is 4.74 Å². The van der Waals surface area contributed by atoms with Gasteiger partial charge in [0.15, 0.2) is 5.82 Å². The van der Waals surface area contributed by atoms with Gasteiger partial charge in [0, 0.05) is 13.1 Å². The topological polar surface area (TPSA) is 70.2 Å². The van der Waals surface area contributed by atoms with Crippen LogP contribution in [0.15, 0.2) is 18.8 Å². The van der Waals surface area contributed by atoms with Crippen LogP contribution in [0.2, 0.25) is 0 Å². The lowest BCUT2D eigenvalue weighted by Gasteiger charge is -2.09. The fraction of sp³-hybridized carbons (Fsp3) is 0.250. The molecule has 1 heterocycles. The molecule has 0 spiro atoms. The molecule has 0 saturated carbocycles. The first kappa shape index (κ1) is 13.0. The maximum atomic E-state index is 14.4. The number of halogens is 1. The van der Waals surface area contributed by atoms with E-state index >= 15 is 0 Å². The van der Waals surface area contributed by atoms with E-state index < -0.39 is 10.7 Å². The van der Waals surface area contributed by atoms with Crippen LogP contribution < -0.4 is 0 Å². The van der Waals surface area contributed by atoms with Crippen LogP contribution >= 0.6 is 0 Å². The van der Waals surface area contributed by atoms with Gasteiger partial charge in [0.1, 0.15) is 11.3 Å². The Kier molecular flexibility index (Phi) is 3.20. The molecule has 1 aromatic carbocycles. The average molecular weight is 265 g/mol. The molecule has 0 unspecified atom stereocenters. The summed E-state index contributed by atoms with van der Waals surface area (Å²) < 4.78 is 20.8. The molecular weight excluding hydrogens is 253 g/mol. The quantitative estimate of drug-likeness (QED) is 0.484. The van der Waals surface area contributed by atoms with Crippen molar-refractivity contribution in [2.75, 3.05) is 6.61 Å². The normalized spacial score (nSPS) is 10.7. The molecular formula is C12H12FN3O3. The standard InChI is InChI=1S/C12H12FN3O3/c1-4-19-7(2)11-10(16(17)18)5-9-8(12(11)13)6-14-15(9)3/h5-6H,2,4H2,1,3H3. The van der Waals surface area contributed by atoms with Crippen molar-refractivity contribution in [1.29, 1.82) is 0 Å². The first-order valence-electron chi connectivity index (χ1n) is 5.58. The lowest BCUT2D eigenvalue weighted by Crippen LogP contribution is -2.02. The minimum Gasteiger partial charge on any atom is -0.493 e. The van der Waals surface area contributed by atoms with Crippen LogP contribution in [0, 0.1) is 15.9 Å². The van der Waals surface area contributed by atoms with Crippen LogP contribution in [0.4, 0.5) is 10.1 Å². The minimum atomic E-state index is -0.740. The molecule has 0 fully saturated rings. The summed E-state index contributed by atoms with van der Waals surface area (Å²) in [6.45, 7) is 5.48. The van der Waals surface area contributed by atoms with E-state index in [0.29, 0.717) is 5.52 Å². The SMILES string of the molecule is C=C(OCC)c1c([N+](=O)[O-])cc2c(cnn2C)c1F. The van der Waals surface area contributed by atoms with Crippen molar-refractivity contribution < 1.29 is 14.1 Å². The third kappa shape index (κ3) is 2.03. The van der Waals surface area contributed by atoms with Crippen molar-refractivity contribution in [3.63, 3.8) is 0 Å². The second-order valence-electron chi connectivity index (χ2n) is 3.90. The van der Waals surface area contributed by atoms with Crippen molar-refractivity contribution in [2.45, 2.75) is 6.92 Å². The van der Waals surface area contributed by atoms with Crippen molar-refractivity contribution >= 4 is 22.3 Å². The van der Waals surface area contributed by atoms with Gasteiger partial charge in [-0.1, -0.05) is 6.58 Å².